The molecule has 0 saturated carbocycles. The monoisotopic (exact) mass is 406 g/mol. The second kappa shape index (κ2) is 10.2. The summed E-state index contributed by atoms with van der Waals surface area (Å²) < 4.78 is 37.0. The second-order valence-corrected chi connectivity index (χ2v) is 8.19. The minimum absolute atomic E-state index is 0.0845. The van der Waals surface area contributed by atoms with Gasteiger partial charge < -0.3 is 14.8 Å². The lowest BCUT2D eigenvalue weighted by Crippen LogP contribution is -2.28. The summed E-state index contributed by atoms with van der Waals surface area (Å²) in [7, 11) is -2.06. The first-order valence-electron chi connectivity index (χ1n) is 8.85. The third kappa shape index (κ3) is 6.95. The van der Waals surface area contributed by atoms with E-state index < -0.39 is 10.0 Å². The van der Waals surface area contributed by atoms with E-state index in [4.69, 9.17) is 9.47 Å². The first kappa shape index (κ1) is 21.9. The summed E-state index contributed by atoms with van der Waals surface area (Å²) >= 11 is 0. The molecule has 0 bridgehead atoms. The van der Waals surface area contributed by atoms with Gasteiger partial charge in [0, 0.05) is 20.2 Å². The third-order valence-electron chi connectivity index (χ3n) is 3.89. The quantitative estimate of drug-likeness (QED) is 0.588. The van der Waals surface area contributed by atoms with Crippen LogP contribution in [0.4, 0.5) is 0 Å². The summed E-state index contributed by atoms with van der Waals surface area (Å²) in [6.07, 6.45) is 0. The standard InChI is InChI=1S/C20H26N2O5S/c1-15-10-16(2)12-18(11-15)27-14-20(23)21-13-17-4-6-19(7-5-17)28(24,25)22-8-9-26-3/h4-7,10-12,22H,8-9,13-14H2,1-3H3,(H,21,23). The molecule has 28 heavy (non-hydrogen) atoms. The zero-order valence-corrected chi connectivity index (χ0v) is 17.1. The number of aryl methyl sites for hydroxylation is 2. The fourth-order valence-corrected chi connectivity index (χ4v) is 3.58. The first-order valence-corrected chi connectivity index (χ1v) is 10.3. The van der Waals surface area contributed by atoms with Gasteiger partial charge in [0.25, 0.3) is 5.91 Å². The third-order valence-corrected chi connectivity index (χ3v) is 5.36. The van der Waals surface area contributed by atoms with Crippen molar-refractivity contribution in [2.75, 3.05) is 26.9 Å². The predicted octanol–water partition coefficient (Wildman–Crippen LogP) is 1.92. The minimum Gasteiger partial charge on any atom is -0.484 e. The Bertz CT molecular complexity index is 875. The van der Waals surface area contributed by atoms with Gasteiger partial charge in [-0.05, 0) is 54.8 Å². The van der Waals surface area contributed by atoms with Crippen molar-refractivity contribution in [2.24, 2.45) is 0 Å². The average Bonchev–Trinajstić information content (AvgIpc) is 2.64. The number of carbonyl (C=O) groups is 1. The highest BCUT2D eigenvalue weighted by atomic mass is 32.2. The Labute approximate surface area is 166 Å². The molecule has 152 valence electrons. The lowest BCUT2D eigenvalue weighted by atomic mass is 10.1. The van der Waals surface area contributed by atoms with E-state index in [-0.39, 0.29) is 30.5 Å². The van der Waals surface area contributed by atoms with Gasteiger partial charge in [-0.15, -0.1) is 0 Å². The molecule has 0 aliphatic rings. The van der Waals surface area contributed by atoms with E-state index in [1.807, 2.05) is 32.0 Å². The Hall–Kier alpha value is -2.42. The van der Waals surface area contributed by atoms with E-state index in [1.165, 1.54) is 19.2 Å². The predicted molar refractivity (Wildman–Crippen MR) is 107 cm³/mol. The van der Waals surface area contributed by atoms with Gasteiger partial charge in [0.05, 0.1) is 11.5 Å². The van der Waals surface area contributed by atoms with E-state index in [9.17, 15) is 13.2 Å². The van der Waals surface area contributed by atoms with Crippen LogP contribution in [0.1, 0.15) is 16.7 Å². The summed E-state index contributed by atoms with van der Waals surface area (Å²) in [5.41, 5.74) is 2.93. The van der Waals surface area contributed by atoms with Gasteiger partial charge in [-0.1, -0.05) is 18.2 Å². The average molecular weight is 407 g/mol. The van der Waals surface area contributed by atoms with Crippen molar-refractivity contribution in [3.05, 3.63) is 59.2 Å². The van der Waals surface area contributed by atoms with Gasteiger partial charge in [0.1, 0.15) is 5.75 Å². The Morgan fingerprint density at radius 2 is 1.68 bits per heavy atom. The van der Waals surface area contributed by atoms with Gasteiger partial charge in [-0.25, -0.2) is 13.1 Å². The maximum Gasteiger partial charge on any atom is 0.258 e. The van der Waals surface area contributed by atoms with Crippen molar-refractivity contribution < 1.29 is 22.7 Å². The lowest BCUT2D eigenvalue weighted by molar-refractivity contribution is -0.123. The van der Waals surface area contributed by atoms with Gasteiger partial charge >= 0.3 is 0 Å². The zero-order chi connectivity index (χ0) is 20.6. The molecule has 0 heterocycles. The Balaban J connectivity index is 1.83. The van der Waals surface area contributed by atoms with Crippen molar-refractivity contribution >= 4 is 15.9 Å². The van der Waals surface area contributed by atoms with Gasteiger partial charge in [0.15, 0.2) is 6.61 Å². The van der Waals surface area contributed by atoms with Crippen LogP contribution in [0.3, 0.4) is 0 Å². The van der Waals surface area contributed by atoms with E-state index in [2.05, 4.69) is 10.0 Å². The highest BCUT2D eigenvalue weighted by molar-refractivity contribution is 7.89. The fourth-order valence-electron chi connectivity index (χ4n) is 2.56. The summed E-state index contributed by atoms with van der Waals surface area (Å²) in [4.78, 5) is 12.1. The van der Waals surface area contributed by atoms with Crippen molar-refractivity contribution in [1.82, 2.24) is 10.0 Å². The Morgan fingerprint density at radius 3 is 2.29 bits per heavy atom. The normalized spacial score (nSPS) is 11.2. The van der Waals surface area contributed by atoms with E-state index in [0.717, 1.165) is 16.7 Å². The molecule has 0 radical (unpaired) electrons. The van der Waals surface area contributed by atoms with Crippen LogP contribution in [-0.2, 0) is 26.1 Å². The molecule has 8 heteroatoms. The number of nitrogens with one attached hydrogen (secondary N) is 2. The number of amides is 1. The molecule has 2 aromatic carbocycles. The first-order chi connectivity index (χ1) is 13.3. The van der Waals surface area contributed by atoms with Crippen molar-refractivity contribution in [1.29, 1.82) is 0 Å². The molecule has 0 aromatic heterocycles. The van der Waals surface area contributed by atoms with Gasteiger partial charge in [0.2, 0.25) is 10.0 Å². The number of carbonyl (C=O) groups excluding carboxylic acids is 1. The van der Waals surface area contributed by atoms with Crippen molar-refractivity contribution in [2.45, 2.75) is 25.3 Å². The van der Waals surface area contributed by atoms with Crippen LogP contribution in [0.2, 0.25) is 0 Å². The number of ether oxygens (including phenoxy) is 2. The molecular weight excluding hydrogens is 380 g/mol. The van der Waals surface area contributed by atoms with Crippen LogP contribution in [0.5, 0.6) is 5.75 Å². The van der Waals surface area contributed by atoms with Crippen LogP contribution in [0, 0.1) is 13.8 Å². The molecule has 0 spiro atoms. The molecule has 2 rings (SSSR count). The van der Waals surface area contributed by atoms with Crippen LogP contribution in [0.25, 0.3) is 0 Å². The summed E-state index contributed by atoms with van der Waals surface area (Å²) in [5, 5.41) is 2.75. The summed E-state index contributed by atoms with van der Waals surface area (Å²) in [6, 6.07) is 12.1. The number of hydrogen-bond acceptors (Lipinski definition) is 5. The van der Waals surface area contributed by atoms with Gasteiger partial charge in [-0.2, -0.15) is 0 Å². The van der Waals surface area contributed by atoms with Crippen LogP contribution in [0.15, 0.2) is 47.4 Å². The molecular formula is C20H26N2O5S. The van der Waals surface area contributed by atoms with Crippen LogP contribution < -0.4 is 14.8 Å². The number of hydrogen-bond donors (Lipinski definition) is 2. The summed E-state index contributed by atoms with van der Waals surface area (Å²) in [6.45, 7) is 4.64. The molecule has 1 amide bonds. The lowest BCUT2D eigenvalue weighted by Gasteiger charge is -2.10. The number of sulfonamides is 1. The fraction of sp³-hybridized carbons (Fsp3) is 0.350. The maximum atomic E-state index is 12.1. The van der Waals surface area contributed by atoms with E-state index >= 15 is 0 Å². The van der Waals surface area contributed by atoms with Crippen LogP contribution >= 0.6 is 0 Å². The molecule has 2 aromatic rings. The largest absolute Gasteiger partial charge is 0.484 e. The molecule has 0 aliphatic carbocycles. The smallest absolute Gasteiger partial charge is 0.258 e. The SMILES string of the molecule is COCCNS(=O)(=O)c1ccc(CNC(=O)COc2cc(C)cc(C)c2)cc1. The highest BCUT2D eigenvalue weighted by Crippen LogP contribution is 2.16. The molecule has 0 fully saturated rings. The highest BCUT2D eigenvalue weighted by Gasteiger charge is 2.13. The zero-order valence-electron chi connectivity index (χ0n) is 16.3. The topological polar surface area (TPSA) is 93.7 Å². The van der Waals surface area contributed by atoms with Gasteiger partial charge in [-0.3, -0.25) is 4.79 Å². The van der Waals surface area contributed by atoms with Crippen molar-refractivity contribution in [3.63, 3.8) is 0 Å². The van der Waals surface area contributed by atoms with E-state index in [1.54, 1.807) is 12.1 Å². The number of rotatable bonds is 10. The molecule has 2 N–H and O–H groups in total. The molecule has 0 unspecified atom stereocenters. The van der Waals surface area contributed by atoms with E-state index in [0.29, 0.717) is 12.4 Å². The summed E-state index contributed by atoms with van der Waals surface area (Å²) in [5.74, 6) is 0.403. The number of benzene rings is 2. The molecule has 0 aliphatic heterocycles. The number of methoxy groups -OCH3 is 1. The minimum atomic E-state index is -3.56. The Kier molecular flexibility index (Phi) is 7.98. The molecule has 7 nitrogen and oxygen atoms in total. The van der Waals surface area contributed by atoms with Crippen LogP contribution in [-0.4, -0.2) is 41.2 Å². The Morgan fingerprint density at radius 1 is 1.04 bits per heavy atom. The molecule has 0 saturated heterocycles. The molecule has 0 atom stereocenters. The second-order valence-electron chi connectivity index (χ2n) is 6.42. The maximum absolute atomic E-state index is 12.1. The van der Waals surface area contributed by atoms with Crippen molar-refractivity contribution in [3.8, 4) is 5.75 Å².